The van der Waals surface area contributed by atoms with Crippen LogP contribution in [0.15, 0.2) is 4.90 Å². The number of alkyl halides is 1. The Morgan fingerprint density at radius 1 is 1.20 bits per heavy atom. The molecular weight excluding hydrogens is 300 g/mol. The molecule has 1 aromatic heterocycles. The van der Waals surface area contributed by atoms with E-state index in [-0.39, 0.29) is 0 Å². The van der Waals surface area contributed by atoms with E-state index in [1.165, 1.54) is 0 Å². The molecule has 6 nitrogen and oxygen atoms in total. The van der Waals surface area contributed by atoms with Gasteiger partial charge in [-0.05, 0) is 13.8 Å². The Bertz CT molecular complexity index is 577. The van der Waals surface area contributed by atoms with Crippen LogP contribution in [0.1, 0.15) is 11.4 Å². The largest absolute Gasteiger partial charge is 0.300 e. The lowest BCUT2D eigenvalue weighted by Gasteiger charge is -2.33. The summed E-state index contributed by atoms with van der Waals surface area (Å²) in [7, 11) is -1.69. The van der Waals surface area contributed by atoms with E-state index in [4.69, 9.17) is 11.6 Å². The van der Waals surface area contributed by atoms with Crippen molar-refractivity contribution in [2.24, 2.45) is 7.05 Å². The predicted molar refractivity (Wildman–Crippen MR) is 78.6 cm³/mol. The Morgan fingerprint density at radius 2 is 1.80 bits per heavy atom. The van der Waals surface area contributed by atoms with Gasteiger partial charge in [-0.1, -0.05) is 0 Å². The van der Waals surface area contributed by atoms with Crippen molar-refractivity contribution in [1.82, 2.24) is 19.0 Å². The van der Waals surface area contributed by atoms with Crippen molar-refractivity contribution < 1.29 is 8.42 Å². The summed E-state index contributed by atoms with van der Waals surface area (Å²) < 4.78 is 28.6. The van der Waals surface area contributed by atoms with Gasteiger partial charge in [0.05, 0.1) is 11.4 Å². The maximum Gasteiger partial charge on any atom is 0.246 e. The third-order valence-corrected chi connectivity index (χ3v) is 6.09. The molecule has 0 aliphatic carbocycles. The molecule has 0 radical (unpaired) electrons. The number of halogens is 1. The molecule has 1 fully saturated rings. The van der Waals surface area contributed by atoms with Crippen LogP contribution in [0.5, 0.6) is 0 Å². The predicted octanol–water partition coefficient (Wildman–Crippen LogP) is 0.582. The molecule has 1 aliphatic heterocycles. The quantitative estimate of drug-likeness (QED) is 0.762. The number of rotatable bonds is 4. The molecule has 1 aliphatic rings. The lowest BCUT2D eigenvalue weighted by atomic mass is 10.4. The lowest BCUT2D eigenvalue weighted by molar-refractivity contribution is 0.197. The smallest absolute Gasteiger partial charge is 0.246 e. The van der Waals surface area contributed by atoms with Crippen LogP contribution in [0.3, 0.4) is 0 Å². The van der Waals surface area contributed by atoms with Crippen LogP contribution < -0.4 is 0 Å². The average Bonchev–Trinajstić information content (AvgIpc) is 2.64. The molecule has 0 spiro atoms. The number of aromatic nitrogens is 2. The Hall–Kier alpha value is -0.630. The summed E-state index contributed by atoms with van der Waals surface area (Å²) >= 11 is 5.72. The number of piperazine rings is 1. The van der Waals surface area contributed by atoms with E-state index < -0.39 is 10.0 Å². The van der Waals surface area contributed by atoms with Crippen LogP contribution >= 0.6 is 11.6 Å². The minimum atomic E-state index is -3.45. The van der Waals surface area contributed by atoms with Crippen molar-refractivity contribution >= 4 is 21.6 Å². The van der Waals surface area contributed by atoms with Crippen LogP contribution in [0.2, 0.25) is 0 Å². The maximum atomic E-state index is 12.7. The normalized spacial score (nSPS) is 18.6. The first-order valence-electron chi connectivity index (χ1n) is 6.66. The zero-order valence-electron chi connectivity index (χ0n) is 12.1. The van der Waals surface area contributed by atoms with E-state index in [0.29, 0.717) is 35.3 Å². The summed E-state index contributed by atoms with van der Waals surface area (Å²) in [5, 5.41) is 4.20. The molecule has 0 N–H and O–H groups in total. The van der Waals surface area contributed by atoms with E-state index in [1.54, 1.807) is 29.9 Å². The number of hydrogen-bond donors (Lipinski definition) is 0. The minimum absolute atomic E-state index is 0.353. The zero-order chi connectivity index (χ0) is 14.9. The van der Waals surface area contributed by atoms with Gasteiger partial charge in [-0.2, -0.15) is 9.40 Å². The van der Waals surface area contributed by atoms with Gasteiger partial charge in [0, 0.05) is 45.7 Å². The standard InChI is InChI=1S/C12H21ClN4O2S/c1-10-12(11(2)15(3)14-10)20(18,19)17-8-6-16(5-4-13)7-9-17/h4-9H2,1-3H3. The Labute approximate surface area is 125 Å². The van der Waals surface area contributed by atoms with Crippen LogP contribution in [0, 0.1) is 13.8 Å². The second-order valence-electron chi connectivity index (χ2n) is 5.06. The minimum Gasteiger partial charge on any atom is -0.300 e. The number of nitrogens with zero attached hydrogens (tertiary/aromatic N) is 4. The third-order valence-electron chi connectivity index (χ3n) is 3.77. The summed E-state index contributed by atoms with van der Waals surface area (Å²) in [6.45, 7) is 6.80. The van der Waals surface area contributed by atoms with Gasteiger partial charge >= 0.3 is 0 Å². The molecule has 0 atom stereocenters. The van der Waals surface area contributed by atoms with Crippen molar-refractivity contribution in [1.29, 1.82) is 0 Å². The second-order valence-corrected chi connectivity index (χ2v) is 7.31. The van der Waals surface area contributed by atoms with Crippen LogP contribution in [-0.2, 0) is 17.1 Å². The van der Waals surface area contributed by atoms with Gasteiger partial charge in [0.1, 0.15) is 4.90 Å². The van der Waals surface area contributed by atoms with Crippen molar-refractivity contribution in [2.75, 3.05) is 38.6 Å². The molecule has 2 heterocycles. The Balaban J connectivity index is 2.20. The molecule has 2 rings (SSSR count). The molecule has 8 heteroatoms. The maximum absolute atomic E-state index is 12.7. The van der Waals surface area contributed by atoms with Crippen LogP contribution in [-0.4, -0.2) is 66.0 Å². The Morgan fingerprint density at radius 3 is 2.25 bits per heavy atom. The van der Waals surface area contributed by atoms with E-state index in [1.807, 2.05) is 0 Å². The number of aryl methyl sites for hydroxylation is 2. The van der Waals surface area contributed by atoms with Gasteiger partial charge in [-0.3, -0.25) is 9.58 Å². The first-order chi connectivity index (χ1) is 9.37. The highest BCUT2D eigenvalue weighted by molar-refractivity contribution is 7.89. The fourth-order valence-electron chi connectivity index (χ4n) is 2.57. The fourth-order valence-corrected chi connectivity index (χ4v) is 4.63. The highest BCUT2D eigenvalue weighted by Gasteiger charge is 2.32. The molecule has 114 valence electrons. The van der Waals surface area contributed by atoms with Gasteiger partial charge < -0.3 is 0 Å². The summed E-state index contributed by atoms with van der Waals surface area (Å²) in [6, 6.07) is 0. The van der Waals surface area contributed by atoms with Gasteiger partial charge in [-0.15, -0.1) is 11.6 Å². The van der Waals surface area contributed by atoms with E-state index in [9.17, 15) is 8.42 Å². The molecule has 0 amide bonds. The number of sulfonamides is 1. The van der Waals surface area contributed by atoms with Crippen molar-refractivity contribution in [2.45, 2.75) is 18.7 Å². The average molecular weight is 321 g/mol. The van der Waals surface area contributed by atoms with Gasteiger partial charge in [0.25, 0.3) is 0 Å². The summed E-state index contributed by atoms with van der Waals surface area (Å²) in [5.41, 5.74) is 1.25. The van der Waals surface area contributed by atoms with Crippen molar-refractivity contribution in [3.05, 3.63) is 11.4 Å². The molecule has 0 saturated carbocycles. The first-order valence-corrected chi connectivity index (χ1v) is 8.64. The highest BCUT2D eigenvalue weighted by atomic mass is 35.5. The monoisotopic (exact) mass is 320 g/mol. The van der Waals surface area contributed by atoms with Crippen molar-refractivity contribution in [3.63, 3.8) is 0 Å². The van der Waals surface area contributed by atoms with Gasteiger partial charge in [0.2, 0.25) is 10.0 Å². The SMILES string of the molecule is Cc1nn(C)c(C)c1S(=O)(=O)N1CCN(CCCl)CC1. The molecule has 1 saturated heterocycles. The molecule has 20 heavy (non-hydrogen) atoms. The lowest BCUT2D eigenvalue weighted by Crippen LogP contribution is -2.49. The zero-order valence-corrected chi connectivity index (χ0v) is 13.7. The second kappa shape index (κ2) is 6.01. The molecule has 0 unspecified atom stereocenters. The molecular formula is C12H21ClN4O2S. The van der Waals surface area contributed by atoms with E-state index >= 15 is 0 Å². The summed E-state index contributed by atoms with van der Waals surface area (Å²) in [5.74, 6) is 0.577. The summed E-state index contributed by atoms with van der Waals surface area (Å²) in [6.07, 6.45) is 0. The third kappa shape index (κ3) is 2.86. The highest BCUT2D eigenvalue weighted by Crippen LogP contribution is 2.23. The molecule has 1 aromatic rings. The fraction of sp³-hybridized carbons (Fsp3) is 0.750. The van der Waals surface area contributed by atoms with Gasteiger partial charge in [0.15, 0.2) is 0 Å². The Kier molecular flexibility index (Phi) is 4.73. The van der Waals surface area contributed by atoms with Gasteiger partial charge in [-0.25, -0.2) is 8.42 Å². The number of hydrogen-bond acceptors (Lipinski definition) is 4. The van der Waals surface area contributed by atoms with E-state index in [0.717, 1.165) is 19.6 Å². The van der Waals surface area contributed by atoms with Crippen LogP contribution in [0.4, 0.5) is 0 Å². The molecule has 0 bridgehead atoms. The summed E-state index contributed by atoms with van der Waals surface area (Å²) in [4.78, 5) is 2.54. The topological polar surface area (TPSA) is 58.4 Å². The van der Waals surface area contributed by atoms with Crippen LogP contribution in [0.25, 0.3) is 0 Å². The molecule has 0 aromatic carbocycles. The first kappa shape index (κ1) is 15.8. The van der Waals surface area contributed by atoms with Crippen molar-refractivity contribution in [3.8, 4) is 0 Å². The van der Waals surface area contributed by atoms with E-state index in [2.05, 4.69) is 10.00 Å².